The van der Waals surface area contributed by atoms with E-state index in [0.717, 1.165) is 13.0 Å². The molecule has 80 valence electrons. The Hall–Kier alpha value is -0.770. The van der Waals surface area contributed by atoms with Crippen LogP contribution in [0.1, 0.15) is 19.3 Å². The highest BCUT2D eigenvalue weighted by Gasteiger charge is 2.42. The normalized spacial score (nSPS) is 35.9. The number of nitrogens with zero attached hydrogens (tertiary/aromatic N) is 1. The topological polar surface area (TPSA) is 55.6 Å². The van der Waals surface area contributed by atoms with E-state index in [0.29, 0.717) is 24.4 Å². The molecular weight excluding hydrogens is 180 g/mol. The lowest BCUT2D eigenvalue weighted by Crippen LogP contribution is -2.56. The van der Waals surface area contributed by atoms with E-state index in [2.05, 4.69) is 0 Å². The number of carbonyl (C=O) groups excluding carboxylic acids is 1. The fraction of sp³-hybridized carbons (Fsp3) is 0.900. The second-order valence-electron chi connectivity index (χ2n) is 4.36. The molecule has 2 bridgehead atoms. The minimum Gasteiger partial charge on any atom is -0.453 e. The maximum Gasteiger partial charge on any atom is 0.409 e. The van der Waals surface area contributed by atoms with Crippen LogP contribution in [-0.4, -0.2) is 37.2 Å². The van der Waals surface area contributed by atoms with Crippen LogP contribution in [0.3, 0.4) is 0 Å². The molecule has 3 aliphatic rings. The lowest BCUT2D eigenvalue weighted by molar-refractivity contribution is 0.00640. The van der Waals surface area contributed by atoms with Crippen molar-refractivity contribution in [1.82, 2.24) is 4.90 Å². The molecule has 3 fully saturated rings. The summed E-state index contributed by atoms with van der Waals surface area (Å²) in [6.07, 6.45) is 3.35. The predicted molar refractivity (Wildman–Crippen MR) is 52.8 cm³/mol. The summed E-state index contributed by atoms with van der Waals surface area (Å²) in [5, 5.41) is 0. The molecule has 0 aromatic carbocycles. The second kappa shape index (κ2) is 3.77. The molecule has 1 saturated carbocycles. The van der Waals surface area contributed by atoms with Crippen molar-refractivity contribution in [1.29, 1.82) is 0 Å². The molecule has 0 radical (unpaired) electrons. The van der Waals surface area contributed by atoms with Crippen molar-refractivity contribution in [3.8, 4) is 0 Å². The molecule has 2 heterocycles. The molecule has 4 heteroatoms. The average molecular weight is 198 g/mol. The van der Waals surface area contributed by atoms with Crippen LogP contribution >= 0.6 is 0 Å². The van der Waals surface area contributed by atoms with Crippen molar-refractivity contribution in [2.24, 2.45) is 17.6 Å². The fourth-order valence-electron chi connectivity index (χ4n) is 2.92. The number of carbonyl (C=O) groups is 1. The van der Waals surface area contributed by atoms with Gasteiger partial charge in [-0.1, -0.05) is 0 Å². The van der Waals surface area contributed by atoms with E-state index in [1.54, 1.807) is 0 Å². The van der Waals surface area contributed by atoms with Crippen molar-refractivity contribution in [2.75, 3.05) is 20.2 Å². The fourth-order valence-corrected chi connectivity index (χ4v) is 2.92. The zero-order chi connectivity index (χ0) is 10.1. The standard InChI is InChI=1S/C10H18N2O2/c1-14-10(13)12-6-7-2-3-9(12)8(4-7)5-11/h7-9H,2-6,11H2,1H3. The molecule has 3 rings (SSSR count). The molecule has 3 atom stereocenters. The summed E-state index contributed by atoms with van der Waals surface area (Å²) in [6, 6.07) is 0.331. The molecule has 14 heavy (non-hydrogen) atoms. The first-order valence-electron chi connectivity index (χ1n) is 5.31. The lowest BCUT2D eigenvalue weighted by Gasteiger charge is -2.48. The molecule has 1 aliphatic carbocycles. The number of rotatable bonds is 1. The zero-order valence-corrected chi connectivity index (χ0v) is 8.61. The largest absolute Gasteiger partial charge is 0.453 e. The Balaban J connectivity index is 2.09. The van der Waals surface area contributed by atoms with Gasteiger partial charge in [0.1, 0.15) is 0 Å². The second-order valence-corrected chi connectivity index (χ2v) is 4.36. The average Bonchev–Trinajstić information content (AvgIpc) is 2.28. The van der Waals surface area contributed by atoms with Crippen molar-refractivity contribution in [3.63, 3.8) is 0 Å². The van der Waals surface area contributed by atoms with Gasteiger partial charge in [-0.05, 0) is 37.6 Å². The number of methoxy groups -OCH3 is 1. The summed E-state index contributed by atoms with van der Waals surface area (Å²) in [6.45, 7) is 1.56. The van der Waals surface area contributed by atoms with Crippen molar-refractivity contribution in [3.05, 3.63) is 0 Å². The summed E-state index contributed by atoms with van der Waals surface area (Å²) in [7, 11) is 1.45. The molecule has 3 unspecified atom stereocenters. The van der Waals surface area contributed by atoms with Crippen molar-refractivity contribution in [2.45, 2.75) is 25.3 Å². The lowest BCUT2D eigenvalue weighted by atomic mass is 9.73. The first-order valence-corrected chi connectivity index (χ1v) is 5.31. The van der Waals surface area contributed by atoms with Gasteiger partial charge in [-0.3, -0.25) is 0 Å². The van der Waals surface area contributed by atoms with Crippen LogP contribution in [0.15, 0.2) is 0 Å². The molecule has 1 amide bonds. The Morgan fingerprint density at radius 3 is 2.93 bits per heavy atom. The number of hydrogen-bond donors (Lipinski definition) is 1. The van der Waals surface area contributed by atoms with E-state index in [1.807, 2.05) is 4.90 Å². The number of nitrogens with two attached hydrogens (primary N) is 1. The van der Waals surface area contributed by atoms with Crippen LogP contribution in [0.25, 0.3) is 0 Å². The van der Waals surface area contributed by atoms with Gasteiger partial charge in [0.2, 0.25) is 0 Å². The summed E-state index contributed by atoms with van der Waals surface area (Å²) < 4.78 is 4.78. The van der Waals surface area contributed by atoms with E-state index < -0.39 is 0 Å². The van der Waals surface area contributed by atoms with Crippen molar-refractivity contribution >= 4 is 6.09 Å². The van der Waals surface area contributed by atoms with Gasteiger partial charge >= 0.3 is 6.09 Å². The summed E-state index contributed by atoms with van der Waals surface area (Å²) in [5.74, 6) is 1.13. The Labute approximate surface area is 84.4 Å². The molecular formula is C10H18N2O2. The van der Waals surface area contributed by atoms with Crippen LogP contribution in [0.2, 0.25) is 0 Å². The summed E-state index contributed by atoms with van der Waals surface area (Å²) in [4.78, 5) is 13.4. The van der Waals surface area contributed by atoms with E-state index in [-0.39, 0.29) is 6.09 Å². The van der Waals surface area contributed by atoms with Crippen LogP contribution in [0.4, 0.5) is 4.79 Å². The van der Waals surface area contributed by atoms with Crippen molar-refractivity contribution < 1.29 is 9.53 Å². The van der Waals surface area contributed by atoms with Crippen LogP contribution in [0, 0.1) is 11.8 Å². The quantitative estimate of drug-likeness (QED) is 0.678. The predicted octanol–water partition coefficient (Wildman–Crippen LogP) is 0.812. The van der Waals surface area contributed by atoms with Gasteiger partial charge in [0.25, 0.3) is 0 Å². The van der Waals surface area contributed by atoms with Crippen LogP contribution in [-0.2, 0) is 4.74 Å². The number of piperidine rings is 2. The number of fused-ring (bicyclic) bond motifs is 3. The van der Waals surface area contributed by atoms with E-state index in [9.17, 15) is 4.79 Å². The minimum absolute atomic E-state index is 0.183. The third-order valence-corrected chi connectivity index (χ3v) is 3.62. The highest BCUT2D eigenvalue weighted by molar-refractivity contribution is 5.68. The van der Waals surface area contributed by atoms with Gasteiger partial charge < -0.3 is 15.4 Å². The Morgan fingerprint density at radius 1 is 1.57 bits per heavy atom. The Kier molecular flexibility index (Phi) is 2.63. The maximum atomic E-state index is 11.5. The van der Waals surface area contributed by atoms with Gasteiger partial charge in [-0.25, -0.2) is 4.79 Å². The zero-order valence-electron chi connectivity index (χ0n) is 8.61. The molecule has 2 aliphatic heterocycles. The minimum atomic E-state index is -0.183. The number of amides is 1. The van der Waals surface area contributed by atoms with E-state index in [1.165, 1.54) is 20.0 Å². The molecule has 2 N–H and O–H groups in total. The smallest absolute Gasteiger partial charge is 0.409 e. The number of hydrogen-bond acceptors (Lipinski definition) is 3. The molecule has 2 saturated heterocycles. The number of ether oxygens (including phenoxy) is 1. The van der Waals surface area contributed by atoms with Gasteiger partial charge in [-0.2, -0.15) is 0 Å². The maximum absolute atomic E-state index is 11.5. The summed E-state index contributed by atoms with van der Waals surface area (Å²) >= 11 is 0. The summed E-state index contributed by atoms with van der Waals surface area (Å²) in [5.41, 5.74) is 5.71. The highest BCUT2D eigenvalue weighted by atomic mass is 16.5. The van der Waals surface area contributed by atoms with Gasteiger partial charge in [0, 0.05) is 12.6 Å². The van der Waals surface area contributed by atoms with E-state index >= 15 is 0 Å². The first kappa shape index (κ1) is 9.77. The van der Waals surface area contributed by atoms with Crippen LogP contribution < -0.4 is 5.73 Å². The highest BCUT2D eigenvalue weighted by Crippen LogP contribution is 2.38. The molecule has 4 nitrogen and oxygen atoms in total. The molecule has 0 aromatic rings. The monoisotopic (exact) mass is 198 g/mol. The van der Waals surface area contributed by atoms with Gasteiger partial charge in [0.15, 0.2) is 0 Å². The SMILES string of the molecule is COC(=O)N1CC2CCC1C(CN)C2. The third-order valence-electron chi connectivity index (χ3n) is 3.62. The Morgan fingerprint density at radius 2 is 2.36 bits per heavy atom. The van der Waals surface area contributed by atoms with Gasteiger partial charge in [-0.15, -0.1) is 0 Å². The molecule has 0 aromatic heterocycles. The van der Waals surface area contributed by atoms with Crippen LogP contribution in [0.5, 0.6) is 0 Å². The molecule has 0 spiro atoms. The first-order chi connectivity index (χ1) is 6.76. The van der Waals surface area contributed by atoms with E-state index in [4.69, 9.17) is 10.5 Å². The van der Waals surface area contributed by atoms with Gasteiger partial charge in [0.05, 0.1) is 7.11 Å². The Bertz CT molecular complexity index is 232. The third kappa shape index (κ3) is 1.47.